The third kappa shape index (κ3) is 6.05. The van der Waals surface area contributed by atoms with Gasteiger partial charge in [-0.05, 0) is 88.2 Å². The summed E-state index contributed by atoms with van der Waals surface area (Å²) >= 11 is 1.84. The SMILES string of the molecule is CC(C)(C)c1cc(Sc2ccc3c4ccccc4n(-c4cc(C(C)(C)C)ccn4)c3c2)cc(N2CN(Cc3ccccc3)c3ccccc32)c1. The lowest BCUT2D eigenvalue weighted by atomic mass is 9.87. The third-order valence-electron chi connectivity index (χ3n) is 9.83. The molecule has 0 saturated carbocycles. The molecule has 0 unspecified atom stereocenters. The topological polar surface area (TPSA) is 24.3 Å². The molecule has 0 N–H and O–H groups in total. The Labute approximate surface area is 300 Å². The number of hydrogen-bond acceptors (Lipinski definition) is 4. The van der Waals surface area contributed by atoms with Crippen molar-refractivity contribution in [3.8, 4) is 5.82 Å². The molecule has 7 aromatic rings. The van der Waals surface area contributed by atoms with E-state index in [0.717, 1.165) is 19.0 Å². The van der Waals surface area contributed by atoms with Crippen molar-refractivity contribution in [3.05, 3.63) is 150 Å². The van der Waals surface area contributed by atoms with Gasteiger partial charge in [0.05, 0.1) is 29.1 Å². The number of anilines is 3. The van der Waals surface area contributed by atoms with E-state index in [4.69, 9.17) is 4.98 Å². The number of pyridine rings is 1. The summed E-state index contributed by atoms with van der Waals surface area (Å²) in [5.41, 5.74) is 10.0. The van der Waals surface area contributed by atoms with Gasteiger partial charge < -0.3 is 9.80 Å². The first-order valence-electron chi connectivity index (χ1n) is 17.5. The second-order valence-corrected chi connectivity index (χ2v) is 16.6. The van der Waals surface area contributed by atoms with Gasteiger partial charge in [0.2, 0.25) is 0 Å². The summed E-state index contributed by atoms with van der Waals surface area (Å²) in [5, 5.41) is 2.48. The van der Waals surface area contributed by atoms with Crippen molar-refractivity contribution in [1.82, 2.24) is 9.55 Å². The summed E-state index contributed by atoms with van der Waals surface area (Å²) in [5.74, 6) is 0.954. The van der Waals surface area contributed by atoms with Gasteiger partial charge in [0, 0.05) is 39.0 Å². The summed E-state index contributed by atoms with van der Waals surface area (Å²) in [4.78, 5) is 12.3. The highest BCUT2D eigenvalue weighted by Crippen LogP contribution is 2.44. The van der Waals surface area contributed by atoms with Crippen LogP contribution in [-0.2, 0) is 17.4 Å². The Morgan fingerprint density at radius 2 is 1.30 bits per heavy atom. The van der Waals surface area contributed by atoms with Gasteiger partial charge in [0.15, 0.2) is 0 Å². The predicted octanol–water partition coefficient (Wildman–Crippen LogP) is 12.0. The number of nitrogens with zero attached hydrogens (tertiary/aromatic N) is 4. The highest BCUT2D eigenvalue weighted by atomic mass is 32.2. The van der Waals surface area contributed by atoms with Crippen molar-refractivity contribution in [3.63, 3.8) is 0 Å². The van der Waals surface area contributed by atoms with Gasteiger partial charge in [-0.25, -0.2) is 4.98 Å². The van der Waals surface area contributed by atoms with Crippen LogP contribution in [0.15, 0.2) is 143 Å². The largest absolute Gasteiger partial charge is 0.347 e. The number of aromatic nitrogens is 2. The molecular weight excluding hydrogens is 629 g/mol. The fourth-order valence-electron chi connectivity index (χ4n) is 7.08. The van der Waals surface area contributed by atoms with Crippen molar-refractivity contribution in [2.45, 2.75) is 68.7 Å². The molecule has 0 fully saturated rings. The average Bonchev–Trinajstić information content (AvgIpc) is 3.63. The highest BCUT2D eigenvalue weighted by molar-refractivity contribution is 7.99. The second kappa shape index (κ2) is 12.4. The van der Waals surface area contributed by atoms with E-state index in [1.54, 1.807) is 0 Å². The normalized spacial score (nSPS) is 13.4. The summed E-state index contributed by atoms with van der Waals surface area (Å²) in [6, 6.07) is 46.7. The lowest BCUT2D eigenvalue weighted by Crippen LogP contribution is -2.27. The van der Waals surface area contributed by atoms with E-state index in [2.05, 4.69) is 183 Å². The average molecular weight is 673 g/mol. The third-order valence-corrected chi connectivity index (χ3v) is 10.8. The van der Waals surface area contributed by atoms with Gasteiger partial charge in [0.1, 0.15) is 5.82 Å². The van der Waals surface area contributed by atoms with Crippen LogP contribution in [0.25, 0.3) is 27.6 Å². The van der Waals surface area contributed by atoms with Crippen LogP contribution in [0.1, 0.15) is 58.2 Å². The zero-order valence-corrected chi connectivity index (χ0v) is 30.6. The van der Waals surface area contributed by atoms with Crippen molar-refractivity contribution in [2.24, 2.45) is 0 Å². The first-order valence-corrected chi connectivity index (χ1v) is 18.3. The monoisotopic (exact) mass is 672 g/mol. The molecule has 250 valence electrons. The molecule has 0 saturated heterocycles. The van der Waals surface area contributed by atoms with Crippen LogP contribution in [-0.4, -0.2) is 16.2 Å². The maximum Gasteiger partial charge on any atom is 0.137 e. The first-order chi connectivity index (χ1) is 24.0. The Balaban J connectivity index is 1.20. The van der Waals surface area contributed by atoms with Crippen molar-refractivity contribution >= 4 is 50.6 Å². The van der Waals surface area contributed by atoms with Crippen LogP contribution in [0.3, 0.4) is 0 Å². The van der Waals surface area contributed by atoms with E-state index in [-0.39, 0.29) is 10.8 Å². The molecule has 5 heteroatoms. The van der Waals surface area contributed by atoms with Crippen LogP contribution in [0.2, 0.25) is 0 Å². The summed E-state index contributed by atoms with van der Waals surface area (Å²) in [6.07, 6.45) is 1.95. The van der Waals surface area contributed by atoms with Crippen molar-refractivity contribution in [1.29, 1.82) is 0 Å². The number of rotatable bonds is 6. The van der Waals surface area contributed by atoms with Crippen molar-refractivity contribution in [2.75, 3.05) is 16.5 Å². The van der Waals surface area contributed by atoms with E-state index >= 15 is 0 Å². The smallest absolute Gasteiger partial charge is 0.137 e. The Kier molecular flexibility index (Phi) is 7.99. The van der Waals surface area contributed by atoms with Gasteiger partial charge in [-0.3, -0.25) is 4.57 Å². The molecule has 0 amide bonds. The molecule has 0 radical (unpaired) electrons. The van der Waals surface area contributed by atoms with Crippen LogP contribution in [0.4, 0.5) is 17.1 Å². The summed E-state index contributed by atoms with van der Waals surface area (Å²) < 4.78 is 2.34. The van der Waals surface area contributed by atoms with E-state index in [1.807, 2.05) is 18.0 Å². The maximum atomic E-state index is 4.90. The van der Waals surface area contributed by atoms with Gasteiger partial charge in [-0.1, -0.05) is 120 Å². The maximum absolute atomic E-state index is 4.90. The second-order valence-electron chi connectivity index (χ2n) is 15.5. The number of hydrogen-bond donors (Lipinski definition) is 0. The summed E-state index contributed by atoms with van der Waals surface area (Å²) in [6.45, 7) is 15.4. The molecule has 0 aliphatic carbocycles. The lowest BCUT2D eigenvalue weighted by molar-refractivity contribution is 0.588. The molecule has 0 atom stereocenters. The molecule has 2 aromatic heterocycles. The fourth-order valence-corrected chi connectivity index (χ4v) is 8.02. The minimum atomic E-state index is -0.00555. The molecule has 0 spiro atoms. The van der Waals surface area contributed by atoms with Crippen molar-refractivity contribution < 1.29 is 0 Å². The standard InChI is InChI=1S/C45H44N4S/c1-44(2,3)32-22-23-46-43(26-32)49-39-17-11-10-16-37(39)38-21-20-35(28-42(38)49)50-36-25-33(45(4,5)6)24-34(27-36)48-30-47(29-31-14-8-7-9-15-31)40-18-12-13-19-41(40)48/h7-28H,29-30H2,1-6H3. The zero-order valence-electron chi connectivity index (χ0n) is 29.8. The molecule has 8 rings (SSSR count). The van der Waals surface area contributed by atoms with Gasteiger partial charge in [-0.15, -0.1) is 0 Å². The Hall–Kier alpha value is -5.00. The van der Waals surface area contributed by atoms with Crippen LogP contribution < -0.4 is 9.80 Å². The Morgan fingerprint density at radius 3 is 2.08 bits per heavy atom. The van der Waals surface area contributed by atoms with E-state index < -0.39 is 0 Å². The Morgan fingerprint density at radius 1 is 0.600 bits per heavy atom. The van der Waals surface area contributed by atoms with Gasteiger partial charge in [0.25, 0.3) is 0 Å². The van der Waals surface area contributed by atoms with E-state index in [9.17, 15) is 0 Å². The molecule has 0 bridgehead atoms. The van der Waals surface area contributed by atoms with E-state index in [1.165, 1.54) is 65.3 Å². The zero-order chi connectivity index (χ0) is 34.6. The Bertz CT molecular complexity index is 2340. The summed E-state index contributed by atoms with van der Waals surface area (Å²) in [7, 11) is 0. The van der Waals surface area contributed by atoms with Crippen LogP contribution >= 0.6 is 11.8 Å². The number of para-hydroxylation sites is 3. The van der Waals surface area contributed by atoms with E-state index in [0.29, 0.717) is 0 Å². The van der Waals surface area contributed by atoms with Gasteiger partial charge >= 0.3 is 0 Å². The lowest BCUT2D eigenvalue weighted by Gasteiger charge is -2.26. The predicted molar refractivity (Wildman–Crippen MR) is 213 cm³/mol. The first kappa shape index (κ1) is 32.2. The number of fused-ring (bicyclic) bond motifs is 4. The minimum absolute atomic E-state index is 0.00555. The fraction of sp³-hybridized carbons (Fsp3) is 0.222. The van der Waals surface area contributed by atoms with Crippen LogP contribution in [0.5, 0.6) is 0 Å². The molecule has 3 heterocycles. The van der Waals surface area contributed by atoms with Crippen LogP contribution in [0, 0.1) is 0 Å². The molecule has 5 aromatic carbocycles. The quantitative estimate of drug-likeness (QED) is 0.175. The minimum Gasteiger partial charge on any atom is -0.347 e. The van der Waals surface area contributed by atoms with Gasteiger partial charge in [-0.2, -0.15) is 0 Å². The highest BCUT2D eigenvalue weighted by Gasteiger charge is 2.28. The molecule has 1 aliphatic heterocycles. The number of benzene rings is 5. The molecule has 1 aliphatic rings. The molecule has 4 nitrogen and oxygen atoms in total. The molecule has 50 heavy (non-hydrogen) atoms. The molecular formula is C45H44N4S.